The highest BCUT2D eigenvalue weighted by Crippen LogP contribution is 2.26. The number of amides is 4. The molecule has 4 amide bonds. The Bertz CT molecular complexity index is 922. The molecule has 2 aromatic carbocycles. The van der Waals surface area contributed by atoms with Crippen LogP contribution in [0.1, 0.15) is 11.1 Å². The quantitative estimate of drug-likeness (QED) is 0.616. The summed E-state index contributed by atoms with van der Waals surface area (Å²) in [5, 5.41) is 2.15. The van der Waals surface area contributed by atoms with Gasteiger partial charge in [-0.25, -0.2) is 14.1 Å². The molecule has 0 radical (unpaired) electrons. The smallest absolute Gasteiger partial charge is 0.273 e. The fraction of sp³-hybridized carbons (Fsp3) is 0.0556. The van der Waals surface area contributed by atoms with Gasteiger partial charge in [-0.1, -0.05) is 28.1 Å². The molecule has 1 fully saturated rings. The molecule has 1 saturated heterocycles. The van der Waals surface area contributed by atoms with Crippen LogP contribution in [0.15, 0.2) is 52.5 Å². The van der Waals surface area contributed by atoms with Crippen LogP contribution in [-0.2, 0) is 9.59 Å². The van der Waals surface area contributed by atoms with Gasteiger partial charge in [0.25, 0.3) is 11.8 Å². The SMILES string of the molecule is Cc1cc(N2C(=O)NC(=O)C(=Cc3ccc(F)cc3)C2=O)ccc1Br. The maximum atomic E-state index is 13.0. The largest absolute Gasteiger partial charge is 0.335 e. The van der Waals surface area contributed by atoms with Gasteiger partial charge in [-0.05, 0) is 54.5 Å². The molecule has 1 heterocycles. The van der Waals surface area contributed by atoms with Gasteiger partial charge in [-0.15, -0.1) is 0 Å². The van der Waals surface area contributed by atoms with Crippen LogP contribution >= 0.6 is 15.9 Å². The topological polar surface area (TPSA) is 66.5 Å². The van der Waals surface area contributed by atoms with E-state index in [0.29, 0.717) is 11.3 Å². The molecule has 0 bridgehead atoms. The number of nitrogens with zero attached hydrogens (tertiary/aromatic N) is 1. The molecule has 0 aromatic heterocycles. The Balaban J connectivity index is 2.02. The number of benzene rings is 2. The van der Waals surface area contributed by atoms with Crippen LogP contribution in [0.3, 0.4) is 0 Å². The first-order valence-electron chi connectivity index (χ1n) is 7.30. The van der Waals surface area contributed by atoms with Gasteiger partial charge in [-0.3, -0.25) is 14.9 Å². The fourth-order valence-corrected chi connectivity index (χ4v) is 2.63. The summed E-state index contributed by atoms with van der Waals surface area (Å²) in [5.41, 5.74) is 1.45. The lowest BCUT2D eigenvalue weighted by Crippen LogP contribution is -2.54. The van der Waals surface area contributed by atoms with Crippen LogP contribution in [-0.4, -0.2) is 17.8 Å². The van der Waals surface area contributed by atoms with Gasteiger partial charge in [0.15, 0.2) is 0 Å². The second-order valence-electron chi connectivity index (χ2n) is 5.44. The zero-order chi connectivity index (χ0) is 18.1. The van der Waals surface area contributed by atoms with E-state index in [-0.39, 0.29) is 5.57 Å². The van der Waals surface area contributed by atoms with Crippen molar-refractivity contribution >= 4 is 45.5 Å². The minimum atomic E-state index is -0.812. The summed E-state index contributed by atoms with van der Waals surface area (Å²) in [7, 11) is 0. The third-order valence-corrected chi connectivity index (χ3v) is 4.57. The van der Waals surface area contributed by atoms with E-state index >= 15 is 0 Å². The minimum Gasteiger partial charge on any atom is -0.273 e. The van der Waals surface area contributed by atoms with Crippen LogP contribution in [0.5, 0.6) is 0 Å². The Morgan fingerprint density at radius 2 is 1.76 bits per heavy atom. The third-order valence-electron chi connectivity index (χ3n) is 3.68. The van der Waals surface area contributed by atoms with E-state index in [9.17, 15) is 18.8 Å². The van der Waals surface area contributed by atoms with Gasteiger partial charge in [-0.2, -0.15) is 0 Å². The van der Waals surface area contributed by atoms with Gasteiger partial charge in [0.1, 0.15) is 11.4 Å². The number of imide groups is 2. The monoisotopic (exact) mass is 402 g/mol. The lowest BCUT2D eigenvalue weighted by atomic mass is 10.1. The molecule has 0 aliphatic carbocycles. The maximum absolute atomic E-state index is 13.0. The molecular weight excluding hydrogens is 391 g/mol. The number of aryl methyl sites for hydroxylation is 1. The van der Waals surface area contributed by atoms with Gasteiger partial charge in [0, 0.05) is 4.47 Å². The summed E-state index contributed by atoms with van der Waals surface area (Å²) in [6, 6.07) is 9.48. The lowest BCUT2D eigenvalue weighted by molar-refractivity contribution is -0.122. The van der Waals surface area contributed by atoms with Crippen LogP contribution in [0, 0.1) is 12.7 Å². The second-order valence-corrected chi connectivity index (χ2v) is 6.30. The Morgan fingerprint density at radius 1 is 1.08 bits per heavy atom. The van der Waals surface area contributed by atoms with E-state index in [4.69, 9.17) is 0 Å². The van der Waals surface area contributed by atoms with Crippen molar-refractivity contribution in [1.29, 1.82) is 0 Å². The number of anilines is 1. The lowest BCUT2D eigenvalue weighted by Gasteiger charge is -2.26. The predicted octanol–water partition coefficient (Wildman–Crippen LogP) is 3.56. The first-order valence-corrected chi connectivity index (χ1v) is 8.09. The molecule has 0 atom stereocenters. The molecule has 1 N–H and O–H groups in total. The second kappa shape index (κ2) is 6.60. The number of carbonyl (C=O) groups is 3. The highest BCUT2D eigenvalue weighted by atomic mass is 79.9. The zero-order valence-electron chi connectivity index (χ0n) is 13.0. The number of halogens is 2. The average Bonchev–Trinajstić information content (AvgIpc) is 2.56. The van der Waals surface area contributed by atoms with E-state index in [2.05, 4.69) is 21.2 Å². The molecular formula is C18H12BrFN2O3. The van der Waals surface area contributed by atoms with E-state index in [0.717, 1.165) is 14.9 Å². The highest BCUT2D eigenvalue weighted by molar-refractivity contribution is 9.10. The summed E-state index contributed by atoms with van der Waals surface area (Å²) in [4.78, 5) is 37.8. The highest BCUT2D eigenvalue weighted by Gasteiger charge is 2.36. The van der Waals surface area contributed by atoms with Crippen molar-refractivity contribution in [2.45, 2.75) is 6.92 Å². The van der Waals surface area contributed by atoms with E-state index < -0.39 is 23.7 Å². The molecule has 0 saturated carbocycles. The molecule has 3 rings (SSSR count). The maximum Gasteiger partial charge on any atom is 0.335 e. The zero-order valence-corrected chi connectivity index (χ0v) is 14.6. The number of nitrogens with one attached hydrogen (secondary N) is 1. The standard InChI is InChI=1S/C18H12BrFN2O3/c1-10-8-13(6-7-15(10)19)22-17(24)14(16(23)21-18(22)25)9-11-2-4-12(20)5-3-11/h2-9H,1H3,(H,21,23,25). The van der Waals surface area contributed by atoms with Gasteiger partial charge >= 0.3 is 6.03 Å². The molecule has 7 heteroatoms. The average molecular weight is 403 g/mol. The molecule has 0 spiro atoms. The van der Waals surface area contributed by atoms with Crippen molar-refractivity contribution < 1.29 is 18.8 Å². The van der Waals surface area contributed by atoms with Crippen molar-refractivity contribution in [3.63, 3.8) is 0 Å². The molecule has 1 aliphatic heterocycles. The van der Waals surface area contributed by atoms with E-state index in [1.54, 1.807) is 18.2 Å². The van der Waals surface area contributed by atoms with Gasteiger partial charge in [0.2, 0.25) is 0 Å². The summed E-state index contributed by atoms with van der Waals surface area (Å²) in [6.07, 6.45) is 1.32. The van der Waals surface area contributed by atoms with Gasteiger partial charge < -0.3 is 0 Å². The summed E-state index contributed by atoms with van der Waals surface area (Å²) in [6.45, 7) is 1.82. The van der Waals surface area contributed by atoms with Crippen LogP contribution in [0.2, 0.25) is 0 Å². The van der Waals surface area contributed by atoms with Crippen molar-refractivity contribution in [1.82, 2.24) is 5.32 Å². The Labute approximate surface area is 151 Å². The van der Waals surface area contributed by atoms with Crippen LogP contribution < -0.4 is 10.2 Å². The number of urea groups is 1. The molecule has 25 heavy (non-hydrogen) atoms. The van der Waals surface area contributed by atoms with E-state index in [1.165, 1.54) is 30.3 Å². The Morgan fingerprint density at radius 3 is 2.40 bits per heavy atom. The summed E-state index contributed by atoms with van der Waals surface area (Å²) >= 11 is 3.35. The molecule has 1 aliphatic rings. The summed E-state index contributed by atoms with van der Waals surface area (Å²) < 4.78 is 13.8. The third kappa shape index (κ3) is 3.36. The van der Waals surface area contributed by atoms with Gasteiger partial charge in [0.05, 0.1) is 5.69 Å². The van der Waals surface area contributed by atoms with Crippen LogP contribution in [0.25, 0.3) is 6.08 Å². The first kappa shape index (κ1) is 17.0. The molecule has 5 nitrogen and oxygen atoms in total. The van der Waals surface area contributed by atoms with E-state index in [1.807, 2.05) is 6.92 Å². The van der Waals surface area contributed by atoms with Crippen LogP contribution in [0.4, 0.5) is 14.9 Å². The molecule has 2 aromatic rings. The number of barbiturate groups is 1. The fourth-order valence-electron chi connectivity index (χ4n) is 2.39. The number of rotatable bonds is 2. The van der Waals surface area contributed by atoms with Crippen molar-refractivity contribution in [2.24, 2.45) is 0 Å². The molecule has 0 unspecified atom stereocenters. The first-order chi connectivity index (χ1) is 11.9. The number of carbonyl (C=O) groups excluding carboxylic acids is 3. The number of hydrogen-bond acceptors (Lipinski definition) is 3. The Hall–Kier alpha value is -2.80. The summed E-state index contributed by atoms with van der Waals surface area (Å²) in [5.74, 6) is -1.95. The molecule has 126 valence electrons. The Kier molecular flexibility index (Phi) is 4.50. The van der Waals surface area contributed by atoms with Crippen molar-refractivity contribution in [3.8, 4) is 0 Å². The minimum absolute atomic E-state index is 0.202. The van der Waals surface area contributed by atoms with Crippen molar-refractivity contribution in [2.75, 3.05) is 4.90 Å². The van der Waals surface area contributed by atoms with Crippen molar-refractivity contribution in [3.05, 3.63) is 69.5 Å². The predicted molar refractivity (Wildman–Crippen MR) is 94.3 cm³/mol. The normalized spacial score (nSPS) is 16.4. The number of hydrogen-bond donors (Lipinski definition) is 1.